The molecule has 0 unspecified atom stereocenters. The Labute approximate surface area is 255 Å². The number of ether oxygens (including phenoxy) is 5. The molecule has 224 valence electrons. The fourth-order valence-electron chi connectivity index (χ4n) is 5.12. The quantitative estimate of drug-likeness (QED) is 0.329. The van der Waals surface area contributed by atoms with E-state index in [2.05, 4.69) is 0 Å². The maximum atomic E-state index is 13.7. The summed E-state index contributed by atoms with van der Waals surface area (Å²) in [5, 5.41) is 0. The third-order valence-electron chi connectivity index (χ3n) is 6.74. The molecular weight excluding hydrogens is 607 g/mol. The van der Waals surface area contributed by atoms with E-state index in [0.717, 1.165) is 56.6 Å². The van der Waals surface area contributed by atoms with Crippen molar-refractivity contribution in [1.29, 1.82) is 0 Å². The second-order valence-corrected chi connectivity index (χ2v) is 13.2. The summed E-state index contributed by atoms with van der Waals surface area (Å²) in [6, 6.07) is 5.20. The average molecular weight is 636 g/mol. The molecule has 0 saturated heterocycles. The zero-order valence-corrected chi connectivity index (χ0v) is 26.6. The van der Waals surface area contributed by atoms with Crippen LogP contribution in [0.1, 0.15) is 33.3 Å². The average Bonchev–Trinajstić information content (AvgIpc) is 3.35. The van der Waals surface area contributed by atoms with Crippen LogP contribution in [-0.4, -0.2) is 74.4 Å². The number of nitrogens with zero attached hydrogens (tertiary/aromatic N) is 1. The minimum Gasteiger partial charge on any atom is -0.494 e. The molecule has 4 rings (SSSR count). The van der Waals surface area contributed by atoms with E-state index in [0.29, 0.717) is 34.1 Å². The third-order valence-corrected chi connectivity index (χ3v) is 11.4. The van der Waals surface area contributed by atoms with Crippen LogP contribution in [0.4, 0.5) is 5.69 Å². The molecule has 0 bridgehead atoms. The van der Waals surface area contributed by atoms with Crippen molar-refractivity contribution in [3.05, 3.63) is 49.0 Å². The molecule has 0 aromatic heterocycles. The number of benzene rings is 1. The number of amides is 1. The molecule has 0 fully saturated rings. The van der Waals surface area contributed by atoms with Gasteiger partial charge in [-0.1, -0.05) is 35.3 Å². The van der Waals surface area contributed by atoms with Crippen molar-refractivity contribution in [3.63, 3.8) is 0 Å². The van der Waals surface area contributed by atoms with E-state index in [1.165, 1.54) is 14.0 Å². The van der Waals surface area contributed by atoms with E-state index < -0.39 is 33.5 Å². The first kappa shape index (κ1) is 31.6. The molecular formula is C28H29NO10S3. The van der Waals surface area contributed by atoms with Gasteiger partial charge in [-0.3, -0.25) is 4.79 Å². The molecule has 1 amide bonds. The Bertz CT molecular complexity index is 1480. The maximum absolute atomic E-state index is 13.7. The summed E-state index contributed by atoms with van der Waals surface area (Å²) in [6.45, 7) is 7.23. The van der Waals surface area contributed by atoms with E-state index in [4.69, 9.17) is 23.7 Å². The smallest absolute Gasteiger partial charge is 0.345 e. The van der Waals surface area contributed by atoms with Crippen molar-refractivity contribution in [2.75, 3.05) is 39.9 Å². The van der Waals surface area contributed by atoms with Gasteiger partial charge in [-0.25, -0.2) is 19.2 Å². The molecule has 42 heavy (non-hydrogen) atoms. The fraction of sp³-hybridized carbons (Fsp3) is 0.393. The Hall–Kier alpha value is -3.36. The van der Waals surface area contributed by atoms with Crippen LogP contribution < -0.4 is 9.64 Å². The number of carbonyl (C=O) groups excluding carboxylic acids is 5. The topological polar surface area (TPSA) is 135 Å². The SMILES string of the molecule is CCOc1ccc2c(c1)C1=C(SC(C(=O)OC)=C(C(=O)OC)C13SC(C(=O)OC)=C(C(=O)OC)S3)C(C)(C)N2C(C)=O. The number of carbonyl (C=O) groups is 5. The van der Waals surface area contributed by atoms with Crippen LogP contribution in [0.5, 0.6) is 5.75 Å². The van der Waals surface area contributed by atoms with Gasteiger partial charge in [0.25, 0.3) is 0 Å². The Morgan fingerprint density at radius 2 is 1.33 bits per heavy atom. The van der Waals surface area contributed by atoms with Crippen LogP contribution in [-0.2, 0) is 42.9 Å². The Kier molecular flexibility index (Phi) is 8.82. The zero-order chi connectivity index (χ0) is 31.1. The fourth-order valence-corrected chi connectivity index (χ4v) is 10.2. The predicted molar refractivity (Wildman–Crippen MR) is 159 cm³/mol. The van der Waals surface area contributed by atoms with E-state index in [-0.39, 0.29) is 26.2 Å². The van der Waals surface area contributed by atoms with Gasteiger partial charge in [0.2, 0.25) is 5.91 Å². The van der Waals surface area contributed by atoms with Crippen LogP contribution in [0.25, 0.3) is 5.57 Å². The lowest BCUT2D eigenvalue weighted by Crippen LogP contribution is -2.53. The van der Waals surface area contributed by atoms with E-state index >= 15 is 0 Å². The number of hydrogen-bond acceptors (Lipinski definition) is 13. The molecule has 0 aliphatic carbocycles. The number of esters is 4. The number of anilines is 1. The lowest BCUT2D eigenvalue weighted by Gasteiger charge is -2.50. The van der Waals surface area contributed by atoms with Crippen molar-refractivity contribution in [2.24, 2.45) is 0 Å². The summed E-state index contributed by atoms with van der Waals surface area (Å²) in [5.74, 6) is -3.17. The first-order valence-electron chi connectivity index (χ1n) is 12.6. The molecule has 1 spiro atoms. The van der Waals surface area contributed by atoms with Crippen LogP contribution >= 0.6 is 35.3 Å². The first-order valence-corrected chi connectivity index (χ1v) is 15.0. The molecule has 1 aromatic rings. The van der Waals surface area contributed by atoms with Gasteiger partial charge in [0.1, 0.15) is 24.5 Å². The molecule has 1 aromatic carbocycles. The summed E-state index contributed by atoms with van der Waals surface area (Å²) in [4.78, 5) is 68.0. The Balaban J connectivity index is 2.19. The van der Waals surface area contributed by atoms with Crippen LogP contribution in [0.2, 0.25) is 0 Å². The highest BCUT2D eigenvalue weighted by atomic mass is 32.2. The third kappa shape index (κ3) is 4.78. The highest BCUT2D eigenvalue weighted by Gasteiger charge is 2.61. The molecule has 14 heteroatoms. The summed E-state index contributed by atoms with van der Waals surface area (Å²) in [5.41, 5.74) is 0.275. The normalized spacial score (nSPS) is 18.3. The van der Waals surface area contributed by atoms with Crippen molar-refractivity contribution < 1.29 is 47.7 Å². The van der Waals surface area contributed by atoms with Crippen LogP contribution in [0.3, 0.4) is 0 Å². The van der Waals surface area contributed by atoms with E-state index in [9.17, 15) is 24.0 Å². The Morgan fingerprint density at radius 3 is 1.81 bits per heavy atom. The minimum atomic E-state index is -1.65. The van der Waals surface area contributed by atoms with Crippen molar-refractivity contribution >= 4 is 76.3 Å². The summed E-state index contributed by atoms with van der Waals surface area (Å²) in [6.07, 6.45) is 0. The molecule has 11 nitrogen and oxygen atoms in total. The largest absolute Gasteiger partial charge is 0.494 e. The molecule has 0 N–H and O–H groups in total. The summed E-state index contributed by atoms with van der Waals surface area (Å²) >= 11 is 2.71. The van der Waals surface area contributed by atoms with E-state index in [1.54, 1.807) is 23.1 Å². The van der Waals surface area contributed by atoms with Crippen molar-refractivity contribution in [1.82, 2.24) is 0 Å². The van der Waals surface area contributed by atoms with Gasteiger partial charge in [0.05, 0.1) is 51.8 Å². The standard InChI is InChI=1S/C28H29NO10S3/c1-9-39-14-10-11-16-15(12-14)17-22(27(3,4)29(16)13(2)30)40-19(24(32)36-6)18(23(31)35-5)28(17)41-20(25(33)37-7)21(42-28)26(34)38-8/h10-12H,9H2,1-8H3. The first-order chi connectivity index (χ1) is 19.8. The van der Waals surface area contributed by atoms with Gasteiger partial charge in [-0.05, 0) is 39.0 Å². The van der Waals surface area contributed by atoms with Crippen molar-refractivity contribution in [3.8, 4) is 5.75 Å². The lowest BCUT2D eigenvalue weighted by molar-refractivity contribution is -0.138. The Morgan fingerprint density at radius 1 is 0.810 bits per heavy atom. The molecule has 0 saturated carbocycles. The zero-order valence-electron chi connectivity index (χ0n) is 24.2. The maximum Gasteiger partial charge on any atom is 0.345 e. The van der Waals surface area contributed by atoms with Crippen LogP contribution in [0.15, 0.2) is 43.4 Å². The molecule has 3 aliphatic heterocycles. The van der Waals surface area contributed by atoms with Gasteiger partial charge in [0, 0.05) is 23.0 Å². The van der Waals surface area contributed by atoms with Crippen LogP contribution in [0, 0.1) is 0 Å². The molecule has 0 atom stereocenters. The van der Waals surface area contributed by atoms with Gasteiger partial charge < -0.3 is 28.6 Å². The van der Waals surface area contributed by atoms with Gasteiger partial charge in [0.15, 0.2) is 0 Å². The van der Waals surface area contributed by atoms with E-state index in [1.807, 2.05) is 20.8 Å². The number of methoxy groups -OCH3 is 4. The summed E-state index contributed by atoms with van der Waals surface area (Å²) < 4.78 is 24.4. The highest BCUT2D eigenvalue weighted by Crippen LogP contribution is 2.71. The van der Waals surface area contributed by atoms with Crippen molar-refractivity contribution in [2.45, 2.75) is 37.3 Å². The minimum absolute atomic E-state index is 0.112. The van der Waals surface area contributed by atoms with Gasteiger partial charge >= 0.3 is 23.9 Å². The molecule has 0 radical (unpaired) electrons. The summed E-state index contributed by atoms with van der Waals surface area (Å²) in [7, 11) is 4.66. The number of rotatable bonds is 6. The second kappa shape index (κ2) is 11.7. The molecule has 3 heterocycles. The second-order valence-electron chi connectivity index (χ2n) is 9.48. The number of thioether (sulfide) groups is 3. The number of hydrogen-bond donors (Lipinski definition) is 0. The number of fused-ring (bicyclic) bond motifs is 3. The predicted octanol–water partition coefficient (Wildman–Crippen LogP) is 4.02. The highest BCUT2D eigenvalue weighted by molar-refractivity contribution is 8.26. The van der Waals surface area contributed by atoms with Gasteiger partial charge in [-0.2, -0.15) is 0 Å². The monoisotopic (exact) mass is 635 g/mol. The lowest BCUT2D eigenvalue weighted by atomic mass is 9.83. The molecule has 3 aliphatic rings. The van der Waals surface area contributed by atoms with Gasteiger partial charge in [-0.15, -0.1) is 0 Å².